The molecule has 11 heteroatoms. The van der Waals surface area contributed by atoms with Gasteiger partial charge in [-0.15, -0.1) is 21.0 Å². The van der Waals surface area contributed by atoms with Crippen LogP contribution in [0.2, 0.25) is 0 Å². The standard InChI is InChI=1S/C12H17F3N5OPS/c1-2-23-10-8-9(18-11(16)19-10)20(6-17-8)3-4-21-7(22)5-12(13,14)15/h6-7H,2-5,22H2,1H3,(H2,16,18,19). The largest absolute Gasteiger partial charge is 0.391 e. The summed E-state index contributed by atoms with van der Waals surface area (Å²) < 4.78 is 43.6. The molecule has 0 amide bonds. The fourth-order valence-electron chi connectivity index (χ4n) is 1.92. The summed E-state index contributed by atoms with van der Waals surface area (Å²) >= 11 is 1.50. The van der Waals surface area contributed by atoms with Crippen molar-refractivity contribution < 1.29 is 17.9 Å². The third kappa shape index (κ3) is 5.19. The molecule has 0 aliphatic rings. The Bertz CT molecular complexity index is 666. The van der Waals surface area contributed by atoms with Crippen molar-refractivity contribution in [3.63, 3.8) is 0 Å². The number of rotatable bonds is 7. The van der Waals surface area contributed by atoms with Crippen LogP contribution in [0.3, 0.4) is 0 Å². The number of ether oxygens (including phenoxy) is 1. The number of nitrogen functional groups attached to an aromatic ring is 1. The lowest BCUT2D eigenvalue weighted by Gasteiger charge is -2.15. The van der Waals surface area contributed by atoms with Crippen molar-refractivity contribution in [1.29, 1.82) is 0 Å². The number of nitrogens with two attached hydrogens (primary N) is 1. The molecule has 0 aliphatic carbocycles. The van der Waals surface area contributed by atoms with E-state index < -0.39 is 18.4 Å². The third-order valence-corrected chi connectivity index (χ3v) is 4.10. The van der Waals surface area contributed by atoms with Gasteiger partial charge >= 0.3 is 6.18 Å². The molecule has 0 fully saturated rings. The Kier molecular flexibility index (Phi) is 6.05. The first kappa shape index (κ1) is 18.2. The summed E-state index contributed by atoms with van der Waals surface area (Å²) in [5.74, 6) is -0.0268. The van der Waals surface area contributed by atoms with E-state index in [-0.39, 0.29) is 12.6 Å². The molecule has 0 saturated carbocycles. The summed E-state index contributed by atoms with van der Waals surface area (Å²) in [5.41, 5.74) is 6.87. The monoisotopic (exact) mass is 367 g/mol. The van der Waals surface area contributed by atoms with E-state index in [9.17, 15) is 13.2 Å². The number of thioether (sulfide) groups is 1. The highest BCUT2D eigenvalue weighted by Gasteiger charge is 2.30. The van der Waals surface area contributed by atoms with Gasteiger partial charge in [0.15, 0.2) is 5.65 Å². The molecule has 6 nitrogen and oxygen atoms in total. The molecule has 2 aromatic rings. The number of alkyl halides is 3. The molecule has 0 radical (unpaired) electrons. The summed E-state index contributed by atoms with van der Waals surface area (Å²) in [6, 6.07) is 0. The second-order valence-corrected chi connectivity index (χ2v) is 6.65. The molecule has 2 heterocycles. The van der Waals surface area contributed by atoms with Gasteiger partial charge < -0.3 is 15.0 Å². The van der Waals surface area contributed by atoms with Crippen LogP contribution in [0.15, 0.2) is 11.4 Å². The van der Waals surface area contributed by atoms with Gasteiger partial charge in [0.05, 0.1) is 25.2 Å². The number of hydrogen-bond acceptors (Lipinski definition) is 6. The number of imidazole rings is 1. The highest BCUT2D eigenvalue weighted by atomic mass is 32.2. The van der Waals surface area contributed by atoms with Gasteiger partial charge in [0.1, 0.15) is 10.5 Å². The second-order valence-electron chi connectivity index (χ2n) is 4.66. The predicted molar refractivity (Wildman–Crippen MR) is 86.3 cm³/mol. The summed E-state index contributed by atoms with van der Waals surface area (Å²) in [5, 5.41) is 0.690. The molecule has 2 aromatic heterocycles. The van der Waals surface area contributed by atoms with Crippen LogP contribution in [0.5, 0.6) is 0 Å². The second kappa shape index (κ2) is 7.63. The van der Waals surface area contributed by atoms with Gasteiger partial charge in [-0.2, -0.15) is 18.2 Å². The highest BCUT2D eigenvalue weighted by molar-refractivity contribution is 7.99. The Labute approximate surface area is 137 Å². The highest BCUT2D eigenvalue weighted by Crippen LogP contribution is 2.26. The molecule has 0 aromatic carbocycles. The SMILES string of the molecule is CCSc1nc(N)nc2c1ncn2CCOC(P)CC(F)(F)F. The molecule has 2 atom stereocenters. The van der Waals surface area contributed by atoms with E-state index >= 15 is 0 Å². The number of anilines is 1. The van der Waals surface area contributed by atoms with Crippen molar-refractivity contribution in [1.82, 2.24) is 19.5 Å². The number of hydrogen-bond donors (Lipinski definition) is 1. The Balaban J connectivity index is 2.04. The molecule has 2 unspecified atom stereocenters. The predicted octanol–water partition coefficient (Wildman–Crippen LogP) is 2.69. The minimum atomic E-state index is -4.25. The summed E-state index contributed by atoms with van der Waals surface area (Å²) in [6.07, 6.45) is -3.69. The minimum Gasteiger partial charge on any atom is -0.372 e. The van der Waals surface area contributed by atoms with Gasteiger partial charge in [-0.05, 0) is 5.75 Å². The first-order valence-electron chi connectivity index (χ1n) is 6.85. The van der Waals surface area contributed by atoms with Crippen molar-refractivity contribution in [2.75, 3.05) is 18.1 Å². The zero-order valence-electron chi connectivity index (χ0n) is 12.4. The molecule has 128 valence electrons. The van der Waals surface area contributed by atoms with Crippen molar-refractivity contribution in [2.24, 2.45) is 0 Å². The van der Waals surface area contributed by atoms with Gasteiger partial charge in [-0.3, -0.25) is 0 Å². The maximum atomic E-state index is 12.2. The molecule has 23 heavy (non-hydrogen) atoms. The van der Waals surface area contributed by atoms with E-state index in [1.807, 2.05) is 16.2 Å². The van der Waals surface area contributed by atoms with E-state index in [0.29, 0.717) is 22.7 Å². The molecule has 2 rings (SSSR count). The average Bonchev–Trinajstić information content (AvgIpc) is 2.80. The van der Waals surface area contributed by atoms with Crippen LogP contribution in [0.4, 0.5) is 19.1 Å². The first-order chi connectivity index (χ1) is 10.8. The quantitative estimate of drug-likeness (QED) is 0.461. The van der Waals surface area contributed by atoms with Crippen LogP contribution >= 0.6 is 21.0 Å². The van der Waals surface area contributed by atoms with Gasteiger partial charge in [0.25, 0.3) is 0 Å². The minimum absolute atomic E-state index is 0.107. The third-order valence-electron chi connectivity index (χ3n) is 2.83. The molecule has 0 saturated heterocycles. The van der Waals surface area contributed by atoms with Crippen LogP contribution < -0.4 is 5.73 Å². The Morgan fingerprint density at radius 2 is 2.17 bits per heavy atom. The van der Waals surface area contributed by atoms with Crippen molar-refractivity contribution in [3.8, 4) is 0 Å². The summed E-state index contributed by atoms with van der Waals surface area (Å²) in [7, 11) is 2.05. The van der Waals surface area contributed by atoms with Crippen LogP contribution in [0, 0.1) is 0 Å². The van der Waals surface area contributed by atoms with E-state index in [0.717, 1.165) is 5.75 Å². The molecular formula is C12H17F3N5OPS. The maximum Gasteiger partial charge on any atom is 0.391 e. The number of aromatic nitrogens is 4. The van der Waals surface area contributed by atoms with E-state index in [4.69, 9.17) is 10.5 Å². The van der Waals surface area contributed by atoms with Crippen LogP contribution in [-0.2, 0) is 11.3 Å². The van der Waals surface area contributed by atoms with Crippen LogP contribution in [-0.4, -0.2) is 43.9 Å². The molecule has 0 aliphatic heterocycles. The molecule has 2 N–H and O–H groups in total. The normalized spacial score (nSPS) is 13.6. The number of fused-ring (bicyclic) bond motifs is 1. The fraction of sp³-hybridized carbons (Fsp3) is 0.583. The Hall–Kier alpha value is -1.12. The van der Waals surface area contributed by atoms with Crippen LogP contribution in [0.1, 0.15) is 13.3 Å². The topological polar surface area (TPSA) is 78.9 Å². The lowest BCUT2D eigenvalue weighted by molar-refractivity contribution is -0.149. The molecule has 0 spiro atoms. The summed E-state index contributed by atoms with van der Waals surface area (Å²) in [4.78, 5) is 12.6. The van der Waals surface area contributed by atoms with Crippen molar-refractivity contribution in [2.45, 2.75) is 36.9 Å². The number of halogens is 3. The Morgan fingerprint density at radius 3 is 2.83 bits per heavy atom. The maximum absolute atomic E-state index is 12.2. The average molecular weight is 367 g/mol. The van der Waals surface area contributed by atoms with Gasteiger partial charge in [-0.1, -0.05) is 6.92 Å². The lowest BCUT2D eigenvalue weighted by Crippen LogP contribution is -2.19. The molecule has 0 bridgehead atoms. The lowest BCUT2D eigenvalue weighted by atomic mass is 10.4. The Morgan fingerprint density at radius 1 is 1.43 bits per heavy atom. The van der Waals surface area contributed by atoms with Crippen LogP contribution in [0.25, 0.3) is 11.2 Å². The van der Waals surface area contributed by atoms with Gasteiger partial charge in [-0.25, -0.2) is 9.97 Å². The van der Waals surface area contributed by atoms with Crippen molar-refractivity contribution >= 4 is 38.1 Å². The van der Waals surface area contributed by atoms with E-state index in [2.05, 4.69) is 15.0 Å². The smallest absolute Gasteiger partial charge is 0.372 e. The van der Waals surface area contributed by atoms with Gasteiger partial charge in [0, 0.05) is 6.54 Å². The van der Waals surface area contributed by atoms with Crippen molar-refractivity contribution in [3.05, 3.63) is 6.33 Å². The molecular weight excluding hydrogens is 350 g/mol. The summed E-state index contributed by atoms with van der Waals surface area (Å²) in [6.45, 7) is 2.42. The zero-order valence-corrected chi connectivity index (χ0v) is 14.3. The van der Waals surface area contributed by atoms with E-state index in [1.54, 1.807) is 10.9 Å². The first-order valence-corrected chi connectivity index (χ1v) is 8.50. The fourth-order valence-corrected chi connectivity index (χ4v) is 3.04. The zero-order chi connectivity index (χ0) is 17.0. The van der Waals surface area contributed by atoms with Gasteiger partial charge in [0.2, 0.25) is 5.95 Å². The number of nitrogens with zero attached hydrogens (tertiary/aromatic N) is 4. The van der Waals surface area contributed by atoms with E-state index in [1.165, 1.54) is 11.8 Å².